The summed E-state index contributed by atoms with van der Waals surface area (Å²) < 4.78 is 30.9. The zero-order valence-corrected chi connectivity index (χ0v) is 13.6. The van der Waals surface area contributed by atoms with Gasteiger partial charge in [-0.15, -0.1) is 0 Å². The summed E-state index contributed by atoms with van der Waals surface area (Å²) in [7, 11) is 0. The summed E-state index contributed by atoms with van der Waals surface area (Å²) in [4.78, 5) is 23.3. The zero-order chi connectivity index (χ0) is 17.7. The summed E-state index contributed by atoms with van der Waals surface area (Å²) in [6.07, 6.45) is -0.102. The number of amides is 1. The number of hydrogen-bond donors (Lipinski definition) is 1. The van der Waals surface area contributed by atoms with Gasteiger partial charge in [-0.2, -0.15) is 0 Å². The van der Waals surface area contributed by atoms with E-state index in [1.165, 1.54) is 12.1 Å². The Bertz CT molecular complexity index is 784. The summed E-state index contributed by atoms with van der Waals surface area (Å²) in [6, 6.07) is 7.35. The quantitative estimate of drug-likeness (QED) is 0.806. The average Bonchev–Trinajstić information content (AvgIpc) is 2.52. The van der Waals surface area contributed by atoms with Crippen LogP contribution in [0.5, 0.6) is 0 Å². The molecule has 1 amide bonds. The smallest absolute Gasteiger partial charge is 0.310 e. The van der Waals surface area contributed by atoms with Crippen molar-refractivity contribution in [3.8, 4) is 0 Å². The van der Waals surface area contributed by atoms with Crippen LogP contribution >= 0.6 is 23.2 Å². The second-order valence-corrected chi connectivity index (χ2v) is 5.57. The van der Waals surface area contributed by atoms with Gasteiger partial charge in [0.2, 0.25) is 0 Å². The van der Waals surface area contributed by atoms with Crippen molar-refractivity contribution in [3.05, 3.63) is 63.6 Å². The Morgan fingerprint density at radius 1 is 1.04 bits per heavy atom. The number of anilines is 1. The molecule has 8 heteroatoms. The van der Waals surface area contributed by atoms with E-state index in [0.717, 1.165) is 12.1 Å². The Balaban J connectivity index is 1.84. The summed E-state index contributed by atoms with van der Waals surface area (Å²) in [5.74, 6) is -3.10. The fourth-order valence-electron chi connectivity index (χ4n) is 1.79. The molecule has 0 unspecified atom stereocenters. The van der Waals surface area contributed by atoms with Crippen LogP contribution in [-0.2, 0) is 20.7 Å². The third-order valence-electron chi connectivity index (χ3n) is 2.90. The lowest BCUT2D eigenvalue weighted by Crippen LogP contribution is -2.22. The highest BCUT2D eigenvalue weighted by Crippen LogP contribution is 2.22. The van der Waals surface area contributed by atoms with Crippen LogP contribution in [0.2, 0.25) is 10.0 Å². The fourth-order valence-corrected chi connectivity index (χ4v) is 2.11. The SMILES string of the molecule is O=C(COC(=O)Cc1ccc(Cl)c(Cl)c1)Nc1ccc(F)cc1F. The molecule has 126 valence electrons. The summed E-state index contributed by atoms with van der Waals surface area (Å²) >= 11 is 11.6. The van der Waals surface area contributed by atoms with E-state index in [-0.39, 0.29) is 12.1 Å². The Morgan fingerprint density at radius 2 is 1.79 bits per heavy atom. The lowest BCUT2D eigenvalue weighted by molar-refractivity contribution is -0.146. The highest BCUT2D eigenvalue weighted by molar-refractivity contribution is 6.42. The molecule has 0 aliphatic heterocycles. The molecular weight excluding hydrogens is 363 g/mol. The van der Waals surface area contributed by atoms with Crippen molar-refractivity contribution in [1.82, 2.24) is 0 Å². The van der Waals surface area contributed by atoms with Gasteiger partial charge in [-0.1, -0.05) is 29.3 Å². The van der Waals surface area contributed by atoms with Gasteiger partial charge in [0.05, 0.1) is 22.2 Å². The van der Waals surface area contributed by atoms with Gasteiger partial charge in [0, 0.05) is 6.07 Å². The first-order valence-electron chi connectivity index (χ1n) is 6.69. The lowest BCUT2D eigenvalue weighted by Gasteiger charge is -2.08. The molecule has 0 aromatic heterocycles. The molecule has 0 bridgehead atoms. The maximum atomic E-state index is 13.4. The van der Waals surface area contributed by atoms with Crippen LogP contribution in [0.15, 0.2) is 36.4 Å². The van der Waals surface area contributed by atoms with Crippen LogP contribution in [0.4, 0.5) is 14.5 Å². The van der Waals surface area contributed by atoms with E-state index in [2.05, 4.69) is 5.32 Å². The minimum absolute atomic E-state index is 0.102. The predicted molar refractivity (Wildman–Crippen MR) is 86.1 cm³/mol. The molecular formula is C16H11Cl2F2NO3. The van der Waals surface area contributed by atoms with Gasteiger partial charge in [-0.05, 0) is 29.8 Å². The van der Waals surface area contributed by atoms with Crippen molar-refractivity contribution in [2.75, 3.05) is 11.9 Å². The third kappa shape index (κ3) is 5.18. The molecule has 0 saturated heterocycles. The molecule has 2 aromatic carbocycles. The number of carbonyl (C=O) groups is 2. The van der Waals surface area contributed by atoms with Gasteiger partial charge >= 0.3 is 5.97 Å². The Labute approximate surface area is 146 Å². The molecule has 0 fully saturated rings. The summed E-state index contributed by atoms with van der Waals surface area (Å²) in [5.41, 5.74) is 0.362. The topological polar surface area (TPSA) is 55.4 Å². The van der Waals surface area contributed by atoms with E-state index in [0.29, 0.717) is 21.7 Å². The molecule has 0 heterocycles. The Morgan fingerprint density at radius 3 is 2.46 bits per heavy atom. The van der Waals surface area contributed by atoms with Crippen molar-refractivity contribution in [2.45, 2.75) is 6.42 Å². The molecule has 0 spiro atoms. The van der Waals surface area contributed by atoms with Gasteiger partial charge in [0.25, 0.3) is 5.91 Å². The van der Waals surface area contributed by atoms with Crippen LogP contribution in [-0.4, -0.2) is 18.5 Å². The number of ether oxygens (including phenoxy) is 1. The number of benzene rings is 2. The first-order valence-corrected chi connectivity index (χ1v) is 7.45. The van der Waals surface area contributed by atoms with E-state index >= 15 is 0 Å². The second-order valence-electron chi connectivity index (χ2n) is 4.76. The van der Waals surface area contributed by atoms with Crippen LogP contribution in [0.1, 0.15) is 5.56 Å². The monoisotopic (exact) mass is 373 g/mol. The van der Waals surface area contributed by atoms with Crippen molar-refractivity contribution in [3.63, 3.8) is 0 Å². The van der Waals surface area contributed by atoms with E-state index in [1.807, 2.05) is 0 Å². The van der Waals surface area contributed by atoms with Gasteiger partial charge < -0.3 is 10.1 Å². The van der Waals surface area contributed by atoms with Gasteiger partial charge in [-0.3, -0.25) is 9.59 Å². The molecule has 0 saturated carbocycles. The van der Waals surface area contributed by atoms with Gasteiger partial charge in [0.15, 0.2) is 6.61 Å². The lowest BCUT2D eigenvalue weighted by atomic mass is 10.1. The number of halogens is 4. The predicted octanol–water partition coefficient (Wildman–Crippen LogP) is 4.00. The number of rotatable bonds is 5. The molecule has 0 aliphatic rings. The molecule has 4 nitrogen and oxygen atoms in total. The molecule has 1 N–H and O–H groups in total. The van der Waals surface area contributed by atoms with Crippen molar-refractivity contribution in [2.24, 2.45) is 0 Å². The minimum atomic E-state index is -0.925. The Kier molecular flexibility index (Phi) is 6.11. The largest absolute Gasteiger partial charge is 0.455 e. The van der Waals surface area contributed by atoms with E-state index in [9.17, 15) is 18.4 Å². The fraction of sp³-hybridized carbons (Fsp3) is 0.125. The first kappa shape index (κ1) is 18.2. The maximum absolute atomic E-state index is 13.4. The molecule has 24 heavy (non-hydrogen) atoms. The summed E-state index contributed by atoms with van der Waals surface area (Å²) in [6.45, 7) is -0.600. The Hall–Kier alpha value is -2.18. The molecule has 0 aliphatic carbocycles. The van der Waals surface area contributed by atoms with E-state index in [4.69, 9.17) is 27.9 Å². The molecule has 2 rings (SSSR count). The highest BCUT2D eigenvalue weighted by atomic mass is 35.5. The second kappa shape index (κ2) is 8.08. The molecule has 0 radical (unpaired) electrons. The first-order chi connectivity index (χ1) is 11.3. The number of carbonyl (C=O) groups excluding carboxylic acids is 2. The van der Waals surface area contributed by atoms with Crippen LogP contribution in [0.3, 0.4) is 0 Å². The number of esters is 1. The third-order valence-corrected chi connectivity index (χ3v) is 3.64. The number of hydrogen-bond acceptors (Lipinski definition) is 3. The number of nitrogens with one attached hydrogen (secondary N) is 1. The van der Waals surface area contributed by atoms with Crippen molar-refractivity contribution in [1.29, 1.82) is 0 Å². The summed E-state index contributed by atoms with van der Waals surface area (Å²) in [5, 5.41) is 2.83. The average molecular weight is 374 g/mol. The van der Waals surface area contributed by atoms with Gasteiger partial charge in [-0.25, -0.2) is 8.78 Å². The maximum Gasteiger partial charge on any atom is 0.310 e. The minimum Gasteiger partial charge on any atom is -0.455 e. The normalized spacial score (nSPS) is 10.3. The highest BCUT2D eigenvalue weighted by Gasteiger charge is 2.12. The van der Waals surface area contributed by atoms with Crippen molar-refractivity contribution >= 4 is 40.8 Å². The zero-order valence-electron chi connectivity index (χ0n) is 12.1. The standard InChI is InChI=1S/C16H11Cl2F2NO3/c17-11-3-1-9(5-12(11)18)6-16(23)24-8-15(22)21-14-4-2-10(19)7-13(14)20/h1-5,7H,6,8H2,(H,21,22). The van der Waals surface area contributed by atoms with E-state index in [1.54, 1.807) is 6.07 Å². The van der Waals surface area contributed by atoms with Crippen molar-refractivity contribution < 1.29 is 23.1 Å². The van der Waals surface area contributed by atoms with Crippen LogP contribution in [0, 0.1) is 11.6 Å². The van der Waals surface area contributed by atoms with Crippen LogP contribution in [0.25, 0.3) is 0 Å². The van der Waals surface area contributed by atoms with Crippen LogP contribution < -0.4 is 5.32 Å². The molecule has 2 aromatic rings. The van der Waals surface area contributed by atoms with Gasteiger partial charge in [0.1, 0.15) is 11.6 Å². The van der Waals surface area contributed by atoms with E-state index < -0.39 is 30.1 Å². The molecule has 0 atom stereocenters.